The van der Waals surface area contributed by atoms with Crippen LogP contribution in [0.1, 0.15) is 24.0 Å². The van der Waals surface area contributed by atoms with E-state index in [9.17, 15) is 4.79 Å². The Morgan fingerprint density at radius 1 is 1.29 bits per heavy atom. The average Bonchev–Trinajstić information content (AvgIpc) is 3.15. The lowest BCUT2D eigenvalue weighted by Crippen LogP contribution is -2.40. The predicted molar refractivity (Wildman–Crippen MR) is 80.9 cm³/mol. The minimum atomic E-state index is -0.0431. The van der Waals surface area contributed by atoms with Crippen molar-refractivity contribution in [2.75, 3.05) is 13.6 Å². The summed E-state index contributed by atoms with van der Waals surface area (Å²) in [5.74, 6) is 0. The van der Waals surface area contributed by atoms with Crippen molar-refractivity contribution in [1.82, 2.24) is 10.2 Å². The molecule has 4 heteroatoms. The first kappa shape index (κ1) is 13.7. The molecule has 0 radical (unpaired) electrons. The zero-order valence-corrected chi connectivity index (χ0v) is 12.2. The monoisotopic (exact) mass is 284 g/mol. The quantitative estimate of drug-likeness (QED) is 0.916. The third kappa shape index (κ3) is 3.10. The maximum atomic E-state index is 12.2. The van der Waals surface area contributed by atoms with Gasteiger partial charge in [0, 0.05) is 24.6 Å². The van der Waals surface area contributed by atoms with Crippen molar-refractivity contribution in [1.29, 1.82) is 0 Å². The third-order valence-electron chi connectivity index (χ3n) is 4.16. The molecule has 4 nitrogen and oxygen atoms in total. The zero-order valence-electron chi connectivity index (χ0n) is 12.2. The molecule has 1 heterocycles. The lowest BCUT2D eigenvalue weighted by atomic mass is 9.96. The number of nitrogens with zero attached hydrogens (tertiary/aromatic N) is 1. The van der Waals surface area contributed by atoms with Crippen molar-refractivity contribution in [3.8, 4) is 0 Å². The molecule has 2 amide bonds. The first-order chi connectivity index (χ1) is 10.2. The molecule has 0 saturated heterocycles. The largest absolute Gasteiger partial charge is 0.472 e. The molecule has 0 spiro atoms. The molecule has 3 rings (SSSR count). The van der Waals surface area contributed by atoms with Crippen LogP contribution in [0.2, 0.25) is 0 Å². The summed E-state index contributed by atoms with van der Waals surface area (Å²) in [6.07, 6.45) is 5.57. The van der Waals surface area contributed by atoms with Crippen molar-refractivity contribution >= 4 is 6.03 Å². The summed E-state index contributed by atoms with van der Waals surface area (Å²) < 4.78 is 5.02. The van der Waals surface area contributed by atoms with Gasteiger partial charge in [0.1, 0.15) is 0 Å². The van der Waals surface area contributed by atoms with Gasteiger partial charge in [0.15, 0.2) is 0 Å². The number of rotatable bonds is 5. The minimum absolute atomic E-state index is 0.0431. The van der Waals surface area contributed by atoms with E-state index >= 15 is 0 Å². The zero-order chi connectivity index (χ0) is 14.7. The molecule has 21 heavy (non-hydrogen) atoms. The summed E-state index contributed by atoms with van der Waals surface area (Å²) >= 11 is 0. The average molecular weight is 284 g/mol. The number of carbonyl (C=O) groups is 1. The molecule has 1 N–H and O–H groups in total. The molecule has 0 unspecified atom stereocenters. The highest BCUT2D eigenvalue weighted by Gasteiger charge is 2.44. The molecule has 1 aliphatic carbocycles. The van der Waals surface area contributed by atoms with Gasteiger partial charge in [0.25, 0.3) is 0 Å². The van der Waals surface area contributed by atoms with E-state index in [-0.39, 0.29) is 11.4 Å². The van der Waals surface area contributed by atoms with Crippen LogP contribution in [0.3, 0.4) is 0 Å². The van der Waals surface area contributed by atoms with Gasteiger partial charge >= 0.3 is 6.03 Å². The molecule has 0 atom stereocenters. The lowest BCUT2D eigenvalue weighted by Gasteiger charge is -2.21. The fourth-order valence-corrected chi connectivity index (χ4v) is 2.62. The fourth-order valence-electron chi connectivity index (χ4n) is 2.62. The second-order valence-corrected chi connectivity index (χ2v) is 5.79. The number of hydrogen-bond donors (Lipinski definition) is 1. The van der Waals surface area contributed by atoms with Gasteiger partial charge < -0.3 is 14.6 Å². The van der Waals surface area contributed by atoms with Crippen LogP contribution in [0, 0.1) is 0 Å². The number of amides is 2. The number of hydrogen-bond acceptors (Lipinski definition) is 2. The van der Waals surface area contributed by atoms with Crippen LogP contribution in [0.25, 0.3) is 0 Å². The van der Waals surface area contributed by atoms with Crippen LogP contribution in [-0.2, 0) is 12.0 Å². The highest BCUT2D eigenvalue weighted by Crippen LogP contribution is 2.47. The first-order valence-electron chi connectivity index (χ1n) is 7.25. The summed E-state index contributed by atoms with van der Waals surface area (Å²) in [4.78, 5) is 13.8. The first-order valence-corrected chi connectivity index (χ1v) is 7.25. The third-order valence-corrected chi connectivity index (χ3v) is 4.16. The Morgan fingerprint density at radius 2 is 2.05 bits per heavy atom. The Hall–Kier alpha value is -2.23. The van der Waals surface area contributed by atoms with E-state index in [1.165, 1.54) is 5.56 Å². The van der Waals surface area contributed by atoms with E-state index in [0.29, 0.717) is 13.1 Å². The summed E-state index contributed by atoms with van der Waals surface area (Å²) in [7, 11) is 1.80. The second kappa shape index (κ2) is 5.64. The molecule has 110 valence electrons. The van der Waals surface area contributed by atoms with Gasteiger partial charge in [0.05, 0.1) is 19.1 Å². The molecule has 1 saturated carbocycles. The van der Waals surface area contributed by atoms with Crippen LogP contribution in [0.4, 0.5) is 4.79 Å². The maximum Gasteiger partial charge on any atom is 0.317 e. The minimum Gasteiger partial charge on any atom is -0.472 e. The van der Waals surface area contributed by atoms with E-state index in [1.54, 1.807) is 24.5 Å². The van der Waals surface area contributed by atoms with Crippen LogP contribution >= 0.6 is 0 Å². The van der Waals surface area contributed by atoms with Gasteiger partial charge in [0.2, 0.25) is 0 Å². The Bertz CT molecular complexity index is 589. The normalized spacial score (nSPS) is 15.5. The van der Waals surface area contributed by atoms with E-state index in [0.717, 1.165) is 18.4 Å². The number of benzene rings is 1. The topological polar surface area (TPSA) is 45.5 Å². The van der Waals surface area contributed by atoms with Gasteiger partial charge in [-0.3, -0.25) is 0 Å². The number of nitrogens with one attached hydrogen (secondary N) is 1. The summed E-state index contributed by atoms with van der Waals surface area (Å²) in [5, 5.41) is 3.05. The van der Waals surface area contributed by atoms with Crippen molar-refractivity contribution in [2.45, 2.75) is 24.8 Å². The van der Waals surface area contributed by atoms with E-state index < -0.39 is 0 Å². The van der Waals surface area contributed by atoms with Crippen LogP contribution in [0.5, 0.6) is 0 Å². The number of urea groups is 1. The molecule has 1 aromatic carbocycles. The number of furan rings is 1. The van der Waals surface area contributed by atoms with Crippen molar-refractivity contribution in [3.63, 3.8) is 0 Å². The summed E-state index contributed by atoms with van der Waals surface area (Å²) in [6, 6.07) is 12.3. The Labute approximate surface area is 124 Å². The summed E-state index contributed by atoms with van der Waals surface area (Å²) in [6.45, 7) is 1.26. The van der Waals surface area contributed by atoms with E-state index in [4.69, 9.17) is 4.42 Å². The van der Waals surface area contributed by atoms with Crippen molar-refractivity contribution in [2.24, 2.45) is 0 Å². The van der Waals surface area contributed by atoms with Crippen molar-refractivity contribution in [3.05, 3.63) is 60.1 Å². The standard InChI is InChI=1S/C17H20N2O2/c1-19(11-14-7-10-21-12-14)16(20)18-13-17(8-9-17)15-5-3-2-4-6-15/h2-7,10,12H,8-9,11,13H2,1H3,(H,18,20). The molecule has 0 aliphatic heterocycles. The molecule has 0 bridgehead atoms. The van der Waals surface area contributed by atoms with Crippen LogP contribution < -0.4 is 5.32 Å². The number of carbonyl (C=O) groups excluding carboxylic acids is 1. The van der Waals surface area contributed by atoms with E-state index in [2.05, 4.69) is 29.6 Å². The van der Waals surface area contributed by atoms with Gasteiger partial charge in [-0.2, -0.15) is 0 Å². The highest BCUT2D eigenvalue weighted by atomic mass is 16.3. The van der Waals surface area contributed by atoms with Crippen molar-refractivity contribution < 1.29 is 9.21 Å². The maximum absolute atomic E-state index is 12.2. The molecule has 2 aromatic rings. The molecule has 1 fully saturated rings. The summed E-state index contributed by atoms with van der Waals surface area (Å²) in [5.41, 5.74) is 2.47. The predicted octanol–water partition coefficient (Wildman–Crippen LogP) is 3.15. The SMILES string of the molecule is CN(Cc1ccoc1)C(=O)NCC1(c2ccccc2)CC1. The van der Waals surface area contributed by atoms with Crippen LogP contribution in [0.15, 0.2) is 53.3 Å². The van der Waals surface area contributed by atoms with Gasteiger partial charge in [-0.25, -0.2) is 4.79 Å². The lowest BCUT2D eigenvalue weighted by molar-refractivity contribution is 0.205. The van der Waals surface area contributed by atoms with Crippen LogP contribution in [-0.4, -0.2) is 24.5 Å². The highest BCUT2D eigenvalue weighted by molar-refractivity contribution is 5.74. The van der Waals surface area contributed by atoms with Gasteiger partial charge in [-0.15, -0.1) is 0 Å². The molecular formula is C17H20N2O2. The van der Waals surface area contributed by atoms with Gasteiger partial charge in [-0.05, 0) is 24.5 Å². The Balaban J connectivity index is 1.54. The van der Waals surface area contributed by atoms with Gasteiger partial charge in [-0.1, -0.05) is 30.3 Å². The molecule has 1 aromatic heterocycles. The smallest absolute Gasteiger partial charge is 0.317 e. The second-order valence-electron chi connectivity index (χ2n) is 5.79. The fraction of sp³-hybridized carbons (Fsp3) is 0.353. The van der Waals surface area contributed by atoms with E-state index in [1.807, 2.05) is 12.1 Å². The Kier molecular flexibility index (Phi) is 3.69. The molecule has 1 aliphatic rings. The molecular weight excluding hydrogens is 264 g/mol. The Morgan fingerprint density at radius 3 is 2.67 bits per heavy atom.